The lowest BCUT2D eigenvalue weighted by molar-refractivity contribution is -0.146. The fraction of sp³-hybridized carbons (Fsp3) is 0.667. The van der Waals surface area contributed by atoms with Gasteiger partial charge in [-0.15, -0.1) is 0 Å². The lowest BCUT2D eigenvalue weighted by Gasteiger charge is -2.27. The van der Waals surface area contributed by atoms with Crippen molar-refractivity contribution in [1.29, 1.82) is 0 Å². The monoisotopic (exact) mass is 291 g/mol. The quantitative estimate of drug-likeness (QED) is 0.849. The number of halogens is 3. The standard InChI is InChI=1S/C12H16F3N3O2/c1-20-11(19)7-2-4-8(5-3-7)18-6-9(16)10(17-18)12(13,14)15/h6-8H,2-5,16H2,1H3/t7-,8-. The minimum Gasteiger partial charge on any atom is -0.469 e. The van der Waals surface area contributed by atoms with Crippen molar-refractivity contribution in [3.63, 3.8) is 0 Å². The second-order valence-electron chi connectivity index (χ2n) is 4.94. The molecule has 8 heteroatoms. The van der Waals surface area contributed by atoms with Gasteiger partial charge in [-0.1, -0.05) is 0 Å². The predicted molar refractivity (Wildman–Crippen MR) is 64.7 cm³/mol. The number of methoxy groups -OCH3 is 1. The second kappa shape index (κ2) is 5.34. The number of anilines is 1. The molecule has 1 saturated carbocycles. The molecular weight excluding hydrogens is 275 g/mol. The molecule has 0 unspecified atom stereocenters. The second-order valence-corrected chi connectivity index (χ2v) is 4.94. The molecule has 1 heterocycles. The number of rotatable bonds is 2. The Hall–Kier alpha value is -1.73. The number of nitrogens with two attached hydrogens (primary N) is 1. The van der Waals surface area contributed by atoms with E-state index in [0.717, 1.165) is 0 Å². The first-order chi connectivity index (χ1) is 9.32. The number of ether oxygens (including phenoxy) is 1. The van der Waals surface area contributed by atoms with E-state index in [4.69, 9.17) is 5.73 Å². The molecule has 5 nitrogen and oxygen atoms in total. The van der Waals surface area contributed by atoms with Crippen LogP contribution in [0.25, 0.3) is 0 Å². The highest BCUT2D eigenvalue weighted by Crippen LogP contribution is 2.36. The molecule has 0 amide bonds. The van der Waals surface area contributed by atoms with Crippen molar-refractivity contribution in [2.75, 3.05) is 12.8 Å². The van der Waals surface area contributed by atoms with Crippen molar-refractivity contribution in [2.45, 2.75) is 37.9 Å². The zero-order chi connectivity index (χ0) is 14.9. The smallest absolute Gasteiger partial charge is 0.437 e. The maximum absolute atomic E-state index is 12.6. The van der Waals surface area contributed by atoms with Crippen LogP contribution in [-0.2, 0) is 15.7 Å². The molecule has 0 bridgehead atoms. The summed E-state index contributed by atoms with van der Waals surface area (Å²) in [5.74, 6) is -0.439. The summed E-state index contributed by atoms with van der Waals surface area (Å²) in [6.07, 6.45) is -1.00. The van der Waals surface area contributed by atoms with Gasteiger partial charge in [-0.3, -0.25) is 9.48 Å². The van der Waals surface area contributed by atoms with Gasteiger partial charge in [0, 0.05) is 6.20 Å². The van der Waals surface area contributed by atoms with Crippen molar-refractivity contribution in [3.8, 4) is 0 Å². The van der Waals surface area contributed by atoms with Crippen molar-refractivity contribution in [2.24, 2.45) is 5.92 Å². The van der Waals surface area contributed by atoms with Gasteiger partial charge in [-0.05, 0) is 25.7 Å². The fourth-order valence-corrected chi connectivity index (χ4v) is 2.56. The number of esters is 1. The highest BCUT2D eigenvalue weighted by Gasteiger charge is 2.37. The van der Waals surface area contributed by atoms with Gasteiger partial charge in [0.15, 0.2) is 5.69 Å². The summed E-state index contributed by atoms with van der Waals surface area (Å²) in [7, 11) is 1.33. The van der Waals surface area contributed by atoms with Crippen LogP contribution in [0.4, 0.5) is 18.9 Å². The molecule has 2 N–H and O–H groups in total. The van der Waals surface area contributed by atoms with Gasteiger partial charge in [0.2, 0.25) is 0 Å². The molecule has 1 aromatic heterocycles. The zero-order valence-corrected chi connectivity index (χ0v) is 11.0. The molecule has 20 heavy (non-hydrogen) atoms. The van der Waals surface area contributed by atoms with Gasteiger partial charge in [0.25, 0.3) is 0 Å². The first kappa shape index (κ1) is 14.7. The largest absolute Gasteiger partial charge is 0.469 e. The summed E-state index contributed by atoms with van der Waals surface area (Å²) in [6.45, 7) is 0. The van der Waals surface area contributed by atoms with E-state index in [1.54, 1.807) is 0 Å². The van der Waals surface area contributed by atoms with Crippen LogP contribution in [0.3, 0.4) is 0 Å². The van der Waals surface area contributed by atoms with Crippen LogP contribution in [0.15, 0.2) is 6.20 Å². The summed E-state index contributed by atoms with van der Waals surface area (Å²) in [5, 5.41) is 3.55. The molecule has 2 rings (SSSR count). The van der Waals surface area contributed by atoms with E-state index in [-0.39, 0.29) is 23.6 Å². The number of hydrogen-bond donors (Lipinski definition) is 1. The molecule has 0 spiro atoms. The van der Waals surface area contributed by atoms with Gasteiger partial charge in [-0.2, -0.15) is 18.3 Å². The number of alkyl halides is 3. The van der Waals surface area contributed by atoms with E-state index in [0.29, 0.717) is 25.7 Å². The normalized spacial score (nSPS) is 23.6. The molecular formula is C12H16F3N3O2. The van der Waals surface area contributed by atoms with Crippen molar-refractivity contribution in [3.05, 3.63) is 11.9 Å². The Morgan fingerprint density at radius 2 is 2.00 bits per heavy atom. The average molecular weight is 291 g/mol. The Balaban J connectivity index is 2.06. The Bertz CT molecular complexity index is 491. The first-order valence-electron chi connectivity index (χ1n) is 6.32. The number of nitrogens with zero attached hydrogens (tertiary/aromatic N) is 2. The lowest BCUT2D eigenvalue weighted by Crippen LogP contribution is -2.25. The van der Waals surface area contributed by atoms with Crippen LogP contribution in [0, 0.1) is 5.92 Å². The molecule has 0 aliphatic heterocycles. The third-order valence-electron chi connectivity index (χ3n) is 3.63. The van der Waals surface area contributed by atoms with Gasteiger partial charge in [0.05, 0.1) is 24.8 Å². The van der Waals surface area contributed by atoms with E-state index < -0.39 is 11.9 Å². The van der Waals surface area contributed by atoms with Crippen LogP contribution in [0.2, 0.25) is 0 Å². The third-order valence-corrected chi connectivity index (χ3v) is 3.63. The van der Waals surface area contributed by atoms with Crippen molar-refractivity contribution < 1.29 is 22.7 Å². The minimum absolute atomic E-state index is 0.158. The minimum atomic E-state index is -4.54. The summed E-state index contributed by atoms with van der Waals surface area (Å²) in [6, 6.07) is -0.158. The van der Waals surface area contributed by atoms with E-state index >= 15 is 0 Å². The van der Waals surface area contributed by atoms with E-state index in [2.05, 4.69) is 9.84 Å². The van der Waals surface area contributed by atoms with Gasteiger partial charge in [0.1, 0.15) is 0 Å². The molecule has 0 atom stereocenters. The number of nitrogen functional groups attached to an aromatic ring is 1. The van der Waals surface area contributed by atoms with Gasteiger partial charge >= 0.3 is 12.1 Å². The Morgan fingerprint density at radius 1 is 1.40 bits per heavy atom. The number of carbonyl (C=O) groups is 1. The number of carbonyl (C=O) groups excluding carboxylic acids is 1. The van der Waals surface area contributed by atoms with Crippen LogP contribution in [0.5, 0.6) is 0 Å². The van der Waals surface area contributed by atoms with Gasteiger partial charge < -0.3 is 10.5 Å². The average Bonchev–Trinajstić information content (AvgIpc) is 2.80. The SMILES string of the molecule is COC(=O)[C@H]1CC[C@H](n2cc(N)c(C(F)(F)F)n2)CC1. The molecule has 1 aliphatic carbocycles. The van der Waals surface area contributed by atoms with Crippen molar-refractivity contribution >= 4 is 11.7 Å². The Morgan fingerprint density at radius 3 is 2.45 bits per heavy atom. The molecule has 0 saturated heterocycles. The molecule has 1 aliphatic rings. The van der Waals surface area contributed by atoms with Crippen LogP contribution in [-0.4, -0.2) is 22.9 Å². The fourth-order valence-electron chi connectivity index (χ4n) is 2.56. The highest BCUT2D eigenvalue weighted by molar-refractivity contribution is 5.72. The third kappa shape index (κ3) is 2.88. The van der Waals surface area contributed by atoms with Crippen LogP contribution < -0.4 is 5.73 Å². The topological polar surface area (TPSA) is 70.1 Å². The maximum atomic E-state index is 12.6. The summed E-state index contributed by atoms with van der Waals surface area (Å²) in [5.41, 5.74) is 3.94. The highest BCUT2D eigenvalue weighted by atomic mass is 19.4. The van der Waals surface area contributed by atoms with Crippen LogP contribution >= 0.6 is 0 Å². The summed E-state index contributed by atoms with van der Waals surface area (Å²) < 4.78 is 43.8. The molecule has 112 valence electrons. The summed E-state index contributed by atoms with van der Waals surface area (Å²) in [4.78, 5) is 11.4. The van der Waals surface area contributed by atoms with E-state index in [1.165, 1.54) is 18.0 Å². The zero-order valence-electron chi connectivity index (χ0n) is 11.0. The lowest BCUT2D eigenvalue weighted by atomic mass is 9.86. The maximum Gasteiger partial charge on any atom is 0.437 e. The Kier molecular flexibility index (Phi) is 3.92. The Labute approximate surface area is 113 Å². The predicted octanol–water partition coefficient (Wildman–Crippen LogP) is 2.39. The summed E-state index contributed by atoms with van der Waals surface area (Å²) >= 11 is 0. The molecule has 1 fully saturated rings. The van der Waals surface area contributed by atoms with E-state index in [9.17, 15) is 18.0 Å². The molecule has 0 radical (unpaired) electrons. The van der Waals surface area contributed by atoms with Crippen molar-refractivity contribution in [1.82, 2.24) is 9.78 Å². The van der Waals surface area contributed by atoms with Crippen LogP contribution in [0.1, 0.15) is 37.4 Å². The van der Waals surface area contributed by atoms with Gasteiger partial charge in [-0.25, -0.2) is 0 Å². The van der Waals surface area contributed by atoms with E-state index in [1.807, 2.05) is 0 Å². The number of aromatic nitrogens is 2. The molecule has 0 aromatic carbocycles. The first-order valence-corrected chi connectivity index (χ1v) is 6.32. The molecule has 1 aromatic rings. The number of hydrogen-bond acceptors (Lipinski definition) is 4.